The number of carbonyl (C=O) groups is 2. The molecule has 1 aromatic carbocycles. The molecule has 1 aliphatic carbocycles. The second-order valence-corrected chi connectivity index (χ2v) is 5.17. The smallest absolute Gasteiger partial charge is 0.307 e. The first kappa shape index (κ1) is 13.6. The summed E-state index contributed by atoms with van der Waals surface area (Å²) < 4.78 is 0. The number of aliphatic carboxylic acids is 1. The number of amides is 1. The average molecular weight is 261 g/mol. The van der Waals surface area contributed by atoms with Crippen LogP contribution in [0, 0.1) is 18.8 Å². The van der Waals surface area contributed by atoms with Gasteiger partial charge in [0.05, 0.1) is 17.9 Å². The normalized spacial score (nSPS) is 22.6. The molecule has 0 aliphatic heterocycles. The summed E-state index contributed by atoms with van der Waals surface area (Å²) in [6, 6.07) is 8.00. The topological polar surface area (TPSA) is 66.4 Å². The highest BCUT2D eigenvalue weighted by Gasteiger charge is 2.48. The van der Waals surface area contributed by atoms with Crippen LogP contribution in [0.2, 0.25) is 0 Å². The predicted octanol–water partition coefficient (Wildman–Crippen LogP) is 2.28. The maximum atomic E-state index is 12.0. The molecular formula is C15H19NO3. The second-order valence-electron chi connectivity index (χ2n) is 5.17. The summed E-state index contributed by atoms with van der Waals surface area (Å²) in [4.78, 5) is 22.7. The van der Waals surface area contributed by atoms with Crippen LogP contribution in [-0.4, -0.2) is 17.0 Å². The van der Waals surface area contributed by atoms with E-state index in [4.69, 9.17) is 5.11 Å². The second kappa shape index (κ2) is 5.43. The molecule has 1 fully saturated rings. The Hall–Kier alpha value is -1.84. The third kappa shape index (κ3) is 3.13. The molecule has 0 heterocycles. The van der Waals surface area contributed by atoms with Gasteiger partial charge in [-0.25, -0.2) is 0 Å². The lowest BCUT2D eigenvalue weighted by Gasteiger charge is -2.17. The van der Waals surface area contributed by atoms with Crippen molar-refractivity contribution in [3.63, 3.8) is 0 Å². The van der Waals surface area contributed by atoms with E-state index in [-0.39, 0.29) is 17.9 Å². The molecule has 0 radical (unpaired) electrons. The SMILES string of the molecule is CCC(NC(=O)C1CC1C(=O)O)c1ccc(C)cc1. The lowest BCUT2D eigenvalue weighted by Crippen LogP contribution is -2.30. The Bertz CT molecular complexity index is 481. The number of aryl methyl sites for hydroxylation is 1. The Morgan fingerprint density at radius 3 is 2.42 bits per heavy atom. The fourth-order valence-electron chi connectivity index (χ4n) is 2.26. The van der Waals surface area contributed by atoms with Crippen LogP contribution in [0.5, 0.6) is 0 Å². The Morgan fingerprint density at radius 2 is 1.95 bits per heavy atom. The van der Waals surface area contributed by atoms with E-state index in [1.807, 2.05) is 38.1 Å². The van der Waals surface area contributed by atoms with E-state index >= 15 is 0 Å². The summed E-state index contributed by atoms with van der Waals surface area (Å²) in [6.45, 7) is 4.03. The van der Waals surface area contributed by atoms with E-state index in [1.54, 1.807) is 0 Å². The van der Waals surface area contributed by atoms with Gasteiger partial charge in [0.15, 0.2) is 0 Å². The first-order valence-electron chi connectivity index (χ1n) is 6.62. The van der Waals surface area contributed by atoms with Crippen LogP contribution in [0.15, 0.2) is 24.3 Å². The van der Waals surface area contributed by atoms with Crippen LogP contribution in [0.1, 0.15) is 36.9 Å². The maximum Gasteiger partial charge on any atom is 0.307 e. The molecular weight excluding hydrogens is 242 g/mol. The van der Waals surface area contributed by atoms with Crippen molar-refractivity contribution in [2.24, 2.45) is 11.8 Å². The fraction of sp³-hybridized carbons (Fsp3) is 0.467. The zero-order chi connectivity index (χ0) is 14.0. The van der Waals surface area contributed by atoms with E-state index in [0.29, 0.717) is 6.42 Å². The van der Waals surface area contributed by atoms with Gasteiger partial charge in [0, 0.05) is 0 Å². The van der Waals surface area contributed by atoms with Crippen molar-refractivity contribution in [2.75, 3.05) is 0 Å². The summed E-state index contributed by atoms with van der Waals surface area (Å²) in [7, 11) is 0. The quantitative estimate of drug-likeness (QED) is 0.854. The Kier molecular flexibility index (Phi) is 3.88. The van der Waals surface area contributed by atoms with Gasteiger partial charge in [-0.1, -0.05) is 36.8 Å². The van der Waals surface area contributed by atoms with E-state index < -0.39 is 11.9 Å². The maximum absolute atomic E-state index is 12.0. The van der Waals surface area contributed by atoms with Gasteiger partial charge in [-0.2, -0.15) is 0 Å². The summed E-state index contributed by atoms with van der Waals surface area (Å²) >= 11 is 0. The number of hydrogen-bond donors (Lipinski definition) is 2. The zero-order valence-electron chi connectivity index (χ0n) is 11.2. The molecule has 3 unspecified atom stereocenters. The van der Waals surface area contributed by atoms with Crippen LogP contribution in [0.3, 0.4) is 0 Å². The fourth-order valence-corrected chi connectivity index (χ4v) is 2.26. The minimum atomic E-state index is -0.872. The number of nitrogens with one attached hydrogen (secondary N) is 1. The lowest BCUT2D eigenvalue weighted by molar-refractivity contribution is -0.140. The largest absolute Gasteiger partial charge is 0.481 e. The van der Waals surface area contributed by atoms with Gasteiger partial charge in [0.2, 0.25) is 5.91 Å². The van der Waals surface area contributed by atoms with Gasteiger partial charge in [-0.15, -0.1) is 0 Å². The monoisotopic (exact) mass is 261 g/mol. The van der Waals surface area contributed by atoms with Gasteiger partial charge >= 0.3 is 5.97 Å². The van der Waals surface area contributed by atoms with E-state index in [0.717, 1.165) is 12.0 Å². The predicted molar refractivity (Wildman–Crippen MR) is 71.6 cm³/mol. The minimum Gasteiger partial charge on any atom is -0.481 e. The number of carbonyl (C=O) groups excluding carboxylic acids is 1. The molecule has 1 amide bonds. The van der Waals surface area contributed by atoms with Gasteiger partial charge in [0.25, 0.3) is 0 Å². The van der Waals surface area contributed by atoms with Gasteiger partial charge in [0.1, 0.15) is 0 Å². The van der Waals surface area contributed by atoms with Crippen molar-refractivity contribution in [3.05, 3.63) is 35.4 Å². The standard InChI is InChI=1S/C15H19NO3/c1-3-13(10-6-4-9(2)5-7-10)16-14(17)11-8-12(11)15(18)19/h4-7,11-13H,3,8H2,1-2H3,(H,16,17)(H,18,19). The van der Waals surface area contributed by atoms with Crippen LogP contribution >= 0.6 is 0 Å². The summed E-state index contributed by atoms with van der Waals surface area (Å²) in [5, 5.41) is 11.8. The van der Waals surface area contributed by atoms with Crippen molar-refractivity contribution < 1.29 is 14.7 Å². The molecule has 4 heteroatoms. The number of rotatable bonds is 5. The van der Waals surface area contributed by atoms with E-state index in [2.05, 4.69) is 5.32 Å². The highest BCUT2D eigenvalue weighted by molar-refractivity contribution is 5.89. The molecule has 1 aliphatic rings. The van der Waals surface area contributed by atoms with Gasteiger partial charge in [-0.05, 0) is 25.3 Å². The van der Waals surface area contributed by atoms with Crippen LogP contribution < -0.4 is 5.32 Å². The molecule has 0 aromatic heterocycles. The molecule has 1 aromatic rings. The Balaban J connectivity index is 1.98. The molecule has 1 saturated carbocycles. The minimum absolute atomic E-state index is 0.0388. The van der Waals surface area contributed by atoms with Crippen molar-refractivity contribution >= 4 is 11.9 Å². The third-order valence-electron chi connectivity index (χ3n) is 3.65. The molecule has 2 N–H and O–H groups in total. The molecule has 2 rings (SSSR count). The van der Waals surface area contributed by atoms with Crippen LogP contribution in [-0.2, 0) is 9.59 Å². The Labute approximate surface area is 112 Å². The van der Waals surface area contributed by atoms with Crippen molar-refractivity contribution in [2.45, 2.75) is 32.7 Å². The third-order valence-corrected chi connectivity index (χ3v) is 3.65. The van der Waals surface area contributed by atoms with Crippen molar-refractivity contribution in [1.29, 1.82) is 0 Å². The average Bonchev–Trinajstić information content (AvgIpc) is 3.17. The highest BCUT2D eigenvalue weighted by Crippen LogP contribution is 2.39. The highest BCUT2D eigenvalue weighted by atomic mass is 16.4. The van der Waals surface area contributed by atoms with Crippen molar-refractivity contribution in [3.8, 4) is 0 Å². The van der Waals surface area contributed by atoms with E-state index in [1.165, 1.54) is 5.56 Å². The number of carboxylic acid groups (broad SMARTS) is 1. The molecule has 0 bridgehead atoms. The van der Waals surface area contributed by atoms with E-state index in [9.17, 15) is 9.59 Å². The molecule has 102 valence electrons. The summed E-state index contributed by atoms with van der Waals surface area (Å²) in [5.41, 5.74) is 2.24. The number of hydrogen-bond acceptors (Lipinski definition) is 2. The van der Waals surface area contributed by atoms with Gasteiger partial charge in [-0.3, -0.25) is 9.59 Å². The van der Waals surface area contributed by atoms with Crippen molar-refractivity contribution in [1.82, 2.24) is 5.32 Å². The summed E-state index contributed by atoms with van der Waals surface area (Å²) in [5.74, 6) is -1.85. The van der Waals surface area contributed by atoms with Gasteiger partial charge < -0.3 is 10.4 Å². The van der Waals surface area contributed by atoms with Crippen LogP contribution in [0.25, 0.3) is 0 Å². The molecule has 0 spiro atoms. The molecule has 3 atom stereocenters. The first-order valence-corrected chi connectivity index (χ1v) is 6.62. The zero-order valence-corrected chi connectivity index (χ0v) is 11.2. The molecule has 19 heavy (non-hydrogen) atoms. The number of benzene rings is 1. The Morgan fingerprint density at radius 1 is 1.32 bits per heavy atom. The van der Waals surface area contributed by atoms with Crippen LogP contribution in [0.4, 0.5) is 0 Å². The first-order chi connectivity index (χ1) is 9.02. The number of carboxylic acids is 1. The summed E-state index contributed by atoms with van der Waals surface area (Å²) in [6.07, 6.45) is 1.25. The molecule has 0 saturated heterocycles. The lowest BCUT2D eigenvalue weighted by atomic mass is 10.0. The molecule has 4 nitrogen and oxygen atoms in total.